The van der Waals surface area contributed by atoms with Gasteiger partial charge in [-0.25, -0.2) is 0 Å². The molecule has 0 amide bonds. The van der Waals surface area contributed by atoms with E-state index in [1.165, 1.54) is 12.8 Å². The molecule has 0 aromatic heterocycles. The second-order valence-electron chi connectivity index (χ2n) is 3.99. The highest BCUT2D eigenvalue weighted by Gasteiger charge is 2.40. The van der Waals surface area contributed by atoms with Gasteiger partial charge in [-0.2, -0.15) is 0 Å². The van der Waals surface area contributed by atoms with Gasteiger partial charge >= 0.3 is 0 Å². The van der Waals surface area contributed by atoms with Crippen LogP contribution in [-0.2, 0) is 0 Å². The van der Waals surface area contributed by atoms with Gasteiger partial charge in [-0.3, -0.25) is 0 Å². The largest absolute Gasteiger partial charge is 0.411 e. The molecule has 0 spiro atoms. The Morgan fingerprint density at radius 2 is 2.55 bits per heavy atom. The average Bonchev–Trinajstić information content (AvgIpc) is 2.25. The Morgan fingerprint density at radius 3 is 3.18 bits per heavy atom. The Hall–Kier alpha value is -0.570. The molecule has 2 aliphatic heterocycles. The Balaban J connectivity index is 2.18. The highest BCUT2D eigenvalue weighted by Crippen LogP contribution is 2.33. The number of hydrogen-bond acceptors (Lipinski definition) is 3. The lowest BCUT2D eigenvalue weighted by Crippen LogP contribution is -2.47. The number of nitrogens with one attached hydrogen (secondary N) is 1. The molecule has 62 valence electrons. The minimum atomic E-state index is 0.227. The molecule has 2 fully saturated rings. The summed E-state index contributed by atoms with van der Waals surface area (Å²) in [6, 6.07) is 0.569. The molecule has 2 heterocycles. The van der Waals surface area contributed by atoms with Crippen LogP contribution in [0, 0.1) is 0 Å². The first-order valence-corrected chi connectivity index (χ1v) is 4.19. The van der Waals surface area contributed by atoms with E-state index in [4.69, 9.17) is 5.21 Å². The fourth-order valence-corrected chi connectivity index (χ4v) is 2.31. The minimum Gasteiger partial charge on any atom is -0.411 e. The third-order valence-corrected chi connectivity index (χ3v) is 2.81. The van der Waals surface area contributed by atoms with Crippen molar-refractivity contribution in [3.63, 3.8) is 0 Å². The average molecular weight is 154 g/mol. The van der Waals surface area contributed by atoms with Gasteiger partial charge < -0.3 is 10.5 Å². The molecule has 2 atom stereocenters. The smallest absolute Gasteiger partial charge is 0.0604 e. The fraction of sp³-hybridized carbons (Fsp3) is 0.875. The summed E-state index contributed by atoms with van der Waals surface area (Å²) >= 11 is 0. The zero-order chi connectivity index (χ0) is 7.90. The van der Waals surface area contributed by atoms with Crippen LogP contribution in [0.3, 0.4) is 0 Å². The van der Waals surface area contributed by atoms with Crippen LogP contribution in [0.1, 0.15) is 32.6 Å². The van der Waals surface area contributed by atoms with Gasteiger partial charge in [0.2, 0.25) is 0 Å². The van der Waals surface area contributed by atoms with E-state index in [1.54, 1.807) is 0 Å². The molecule has 0 aliphatic carbocycles. The van der Waals surface area contributed by atoms with Crippen molar-refractivity contribution in [1.29, 1.82) is 0 Å². The van der Waals surface area contributed by atoms with Gasteiger partial charge in [0.1, 0.15) is 0 Å². The summed E-state index contributed by atoms with van der Waals surface area (Å²) in [5.74, 6) is 0. The molecule has 2 unspecified atom stereocenters. The monoisotopic (exact) mass is 154 g/mol. The number of rotatable bonds is 0. The zero-order valence-corrected chi connectivity index (χ0v) is 6.80. The third kappa shape index (κ3) is 1.13. The van der Waals surface area contributed by atoms with Crippen molar-refractivity contribution < 1.29 is 5.21 Å². The van der Waals surface area contributed by atoms with Crippen molar-refractivity contribution in [3.05, 3.63) is 0 Å². The molecule has 11 heavy (non-hydrogen) atoms. The van der Waals surface area contributed by atoms with Gasteiger partial charge in [0.05, 0.1) is 5.71 Å². The first kappa shape index (κ1) is 7.10. The summed E-state index contributed by atoms with van der Waals surface area (Å²) in [4.78, 5) is 0. The van der Waals surface area contributed by atoms with E-state index in [9.17, 15) is 0 Å². The van der Waals surface area contributed by atoms with E-state index in [2.05, 4.69) is 17.4 Å². The fourth-order valence-electron chi connectivity index (χ4n) is 2.31. The van der Waals surface area contributed by atoms with Gasteiger partial charge in [-0.1, -0.05) is 5.16 Å². The van der Waals surface area contributed by atoms with Crippen molar-refractivity contribution in [1.82, 2.24) is 5.32 Å². The summed E-state index contributed by atoms with van der Waals surface area (Å²) in [7, 11) is 0. The molecule has 2 rings (SSSR count). The summed E-state index contributed by atoms with van der Waals surface area (Å²) in [5, 5.41) is 15.5. The van der Waals surface area contributed by atoms with Crippen LogP contribution in [0.2, 0.25) is 0 Å². The van der Waals surface area contributed by atoms with Gasteiger partial charge in [-0.05, 0) is 19.8 Å². The maximum atomic E-state index is 8.63. The van der Waals surface area contributed by atoms with E-state index >= 15 is 0 Å². The van der Waals surface area contributed by atoms with E-state index in [0.717, 1.165) is 18.6 Å². The topological polar surface area (TPSA) is 44.6 Å². The quantitative estimate of drug-likeness (QED) is 0.405. The highest BCUT2D eigenvalue weighted by molar-refractivity contribution is 5.86. The van der Waals surface area contributed by atoms with Crippen molar-refractivity contribution in [2.75, 3.05) is 0 Å². The number of fused-ring (bicyclic) bond motifs is 2. The molecule has 2 N–H and O–H groups in total. The van der Waals surface area contributed by atoms with Crippen molar-refractivity contribution in [2.24, 2.45) is 5.16 Å². The van der Waals surface area contributed by atoms with Crippen LogP contribution >= 0.6 is 0 Å². The molecule has 2 aliphatic rings. The predicted octanol–water partition coefficient (Wildman–Crippen LogP) is 1.12. The molecule has 0 aromatic rings. The van der Waals surface area contributed by atoms with Crippen LogP contribution < -0.4 is 5.32 Å². The lowest BCUT2D eigenvalue weighted by atomic mass is 9.92. The molecule has 0 radical (unpaired) electrons. The van der Waals surface area contributed by atoms with Gasteiger partial charge in [-0.15, -0.1) is 0 Å². The first-order valence-electron chi connectivity index (χ1n) is 4.19. The number of nitrogens with zero attached hydrogens (tertiary/aromatic N) is 1. The molecule has 0 saturated carbocycles. The van der Waals surface area contributed by atoms with E-state index in [1.807, 2.05) is 0 Å². The van der Waals surface area contributed by atoms with Gasteiger partial charge in [0, 0.05) is 24.4 Å². The number of hydrogen-bond donors (Lipinski definition) is 2. The Labute approximate surface area is 66.5 Å². The van der Waals surface area contributed by atoms with Crippen molar-refractivity contribution in [3.8, 4) is 0 Å². The Bertz CT molecular complexity index is 202. The standard InChI is InChI=1S/C8H14N2O/c1-8-3-2-6(9-8)4-7(5-8)10-11/h6,9,11H,2-5H2,1H3. The van der Waals surface area contributed by atoms with Crippen molar-refractivity contribution in [2.45, 2.75) is 44.2 Å². The number of oxime groups is 1. The van der Waals surface area contributed by atoms with Crippen LogP contribution in [0.15, 0.2) is 5.16 Å². The molecule has 2 bridgehead atoms. The highest BCUT2D eigenvalue weighted by atomic mass is 16.4. The van der Waals surface area contributed by atoms with Crippen LogP contribution in [-0.4, -0.2) is 22.5 Å². The lowest BCUT2D eigenvalue weighted by Gasteiger charge is -2.31. The van der Waals surface area contributed by atoms with Crippen LogP contribution in [0.25, 0.3) is 0 Å². The maximum absolute atomic E-state index is 8.63. The lowest BCUT2D eigenvalue weighted by molar-refractivity contribution is 0.303. The van der Waals surface area contributed by atoms with Gasteiger partial charge in [0.25, 0.3) is 0 Å². The SMILES string of the molecule is CC12CCC(CC(=NO)C1)N2. The summed E-state index contributed by atoms with van der Waals surface area (Å²) in [6.07, 6.45) is 4.30. The zero-order valence-electron chi connectivity index (χ0n) is 6.80. The maximum Gasteiger partial charge on any atom is 0.0604 e. The van der Waals surface area contributed by atoms with Crippen LogP contribution in [0.5, 0.6) is 0 Å². The van der Waals surface area contributed by atoms with Gasteiger partial charge in [0.15, 0.2) is 0 Å². The molecule has 3 heteroatoms. The Morgan fingerprint density at radius 1 is 1.73 bits per heavy atom. The molecule has 3 nitrogen and oxygen atoms in total. The minimum absolute atomic E-state index is 0.227. The molecule has 0 aromatic carbocycles. The second kappa shape index (κ2) is 2.21. The van der Waals surface area contributed by atoms with Crippen molar-refractivity contribution >= 4 is 5.71 Å². The van der Waals surface area contributed by atoms with Crippen LogP contribution in [0.4, 0.5) is 0 Å². The molecular weight excluding hydrogens is 140 g/mol. The van der Waals surface area contributed by atoms with E-state index < -0.39 is 0 Å². The summed E-state index contributed by atoms with van der Waals surface area (Å²) in [6.45, 7) is 2.21. The summed E-state index contributed by atoms with van der Waals surface area (Å²) in [5.41, 5.74) is 1.19. The molecule has 2 saturated heterocycles. The van der Waals surface area contributed by atoms with E-state index in [-0.39, 0.29) is 5.54 Å². The summed E-state index contributed by atoms with van der Waals surface area (Å²) < 4.78 is 0. The Kier molecular flexibility index (Phi) is 1.42. The van der Waals surface area contributed by atoms with E-state index in [0.29, 0.717) is 6.04 Å². The normalized spacial score (nSPS) is 46.6. The second-order valence-corrected chi connectivity index (χ2v) is 3.99. The third-order valence-electron chi connectivity index (χ3n) is 2.81. The number of piperidine rings is 1. The first-order chi connectivity index (χ1) is 5.22. The molecular formula is C8H14N2O. The predicted molar refractivity (Wildman–Crippen MR) is 43.0 cm³/mol.